The van der Waals surface area contributed by atoms with Gasteiger partial charge in [-0.1, -0.05) is 13.8 Å². The molecule has 4 heteroatoms. The van der Waals surface area contributed by atoms with E-state index in [9.17, 15) is 0 Å². The number of nitrogens with two attached hydrogens (primary N) is 1. The zero-order chi connectivity index (χ0) is 13.0. The monoisotopic (exact) mass is 248 g/mol. The number of aromatic nitrogens is 1. The molecule has 0 radical (unpaired) electrons. The van der Waals surface area contributed by atoms with Crippen LogP contribution in [0.5, 0.6) is 0 Å². The number of nitrogens with zero attached hydrogens (tertiary/aromatic N) is 3. The first-order valence-electron chi connectivity index (χ1n) is 6.93. The van der Waals surface area contributed by atoms with E-state index < -0.39 is 0 Å². The highest BCUT2D eigenvalue weighted by atomic mass is 15.3. The Morgan fingerprint density at radius 1 is 1.22 bits per heavy atom. The summed E-state index contributed by atoms with van der Waals surface area (Å²) >= 11 is 0. The van der Waals surface area contributed by atoms with Gasteiger partial charge in [-0.05, 0) is 25.1 Å². The lowest BCUT2D eigenvalue weighted by molar-refractivity contribution is 0.271. The molecule has 1 atom stereocenters. The van der Waals surface area contributed by atoms with Crippen molar-refractivity contribution in [2.75, 3.05) is 37.6 Å². The molecule has 1 aliphatic heterocycles. The van der Waals surface area contributed by atoms with Crippen LogP contribution in [-0.4, -0.2) is 42.6 Å². The Hall–Kier alpha value is -1.13. The number of rotatable bonds is 4. The van der Waals surface area contributed by atoms with E-state index in [0.717, 1.165) is 44.8 Å². The molecule has 2 N–H and O–H groups in total. The number of anilines is 1. The number of hydrogen-bond acceptors (Lipinski definition) is 4. The second kappa shape index (κ2) is 6.16. The van der Waals surface area contributed by atoms with Crippen molar-refractivity contribution in [2.24, 2.45) is 5.73 Å². The van der Waals surface area contributed by atoms with Crippen molar-refractivity contribution < 1.29 is 0 Å². The van der Waals surface area contributed by atoms with Gasteiger partial charge in [-0.25, -0.2) is 0 Å². The first-order chi connectivity index (χ1) is 8.74. The lowest BCUT2D eigenvalue weighted by Gasteiger charge is -2.35. The number of hydrogen-bond donors (Lipinski definition) is 1. The van der Waals surface area contributed by atoms with Crippen molar-refractivity contribution in [3.8, 4) is 0 Å². The first kappa shape index (κ1) is 13.3. The molecule has 0 aliphatic carbocycles. The zero-order valence-corrected chi connectivity index (χ0v) is 11.5. The smallest absolute Gasteiger partial charge is 0.0572 e. The first-order valence-corrected chi connectivity index (χ1v) is 6.93. The van der Waals surface area contributed by atoms with E-state index in [1.807, 2.05) is 6.20 Å². The summed E-state index contributed by atoms with van der Waals surface area (Å²) in [5.41, 5.74) is 8.19. The third kappa shape index (κ3) is 3.00. The molecule has 0 aromatic carbocycles. The van der Waals surface area contributed by atoms with Crippen LogP contribution in [-0.2, 0) is 0 Å². The van der Waals surface area contributed by atoms with E-state index in [-0.39, 0.29) is 6.04 Å². The predicted molar refractivity (Wildman–Crippen MR) is 75.8 cm³/mol. The highest BCUT2D eigenvalue weighted by Gasteiger charge is 2.16. The minimum absolute atomic E-state index is 0.0657. The molecule has 2 heterocycles. The number of likely N-dealkylation sites (N-methyl/N-ethyl adjacent to an activating group) is 1. The summed E-state index contributed by atoms with van der Waals surface area (Å²) in [6.45, 7) is 9.93. The third-order valence-corrected chi connectivity index (χ3v) is 3.78. The summed E-state index contributed by atoms with van der Waals surface area (Å²) in [6.07, 6.45) is 2.90. The molecule has 1 aliphatic rings. The van der Waals surface area contributed by atoms with E-state index in [2.05, 4.69) is 40.8 Å². The van der Waals surface area contributed by atoms with Crippen molar-refractivity contribution >= 4 is 5.69 Å². The average molecular weight is 248 g/mol. The molecule has 0 spiro atoms. The Bertz CT molecular complexity index is 355. The summed E-state index contributed by atoms with van der Waals surface area (Å²) in [5.74, 6) is 0. The Balaban J connectivity index is 1.98. The van der Waals surface area contributed by atoms with Crippen LogP contribution in [0.4, 0.5) is 5.69 Å². The molecule has 1 fully saturated rings. The van der Waals surface area contributed by atoms with Crippen LogP contribution in [0.25, 0.3) is 0 Å². The van der Waals surface area contributed by atoms with Gasteiger partial charge in [0.1, 0.15) is 0 Å². The Kier molecular flexibility index (Phi) is 4.55. The van der Waals surface area contributed by atoms with Crippen molar-refractivity contribution in [3.05, 3.63) is 24.0 Å². The predicted octanol–water partition coefficient (Wildman–Crippen LogP) is 1.63. The maximum Gasteiger partial charge on any atom is 0.0572 e. The van der Waals surface area contributed by atoms with Gasteiger partial charge in [0.15, 0.2) is 0 Å². The van der Waals surface area contributed by atoms with Crippen LogP contribution >= 0.6 is 0 Å². The fourth-order valence-corrected chi connectivity index (χ4v) is 2.34. The maximum atomic E-state index is 5.98. The molecule has 100 valence electrons. The van der Waals surface area contributed by atoms with Crippen LogP contribution < -0.4 is 10.6 Å². The number of pyridine rings is 1. The minimum atomic E-state index is 0.0657. The molecule has 0 bridgehead atoms. The zero-order valence-electron chi connectivity index (χ0n) is 11.5. The fourth-order valence-electron chi connectivity index (χ4n) is 2.34. The van der Waals surface area contributed by atoms with Crippen LogP contribution in [0.1, 0.15) is 32.0 Å². The Morgan fingerprint density at radius 3 is 2.44 bits per heavy atom. The average Bonchev–Trinajstić information content (AvgIpc) is 2.47. The van der Waals surface area contributed by atoms with Crippen molar-refractivity contribution in [1.29, 1.82) is 0 Å². The van der Waals surface area contributed by atoms with Gasteiger partial charge in [-0.15, -0.1) is 0 Å². The van der Waals surface area contributed by atoms with E-state index in [1.54, 1.807) is 0 Å². The molecule has 1 saturated heterocycles. The Labute approximate surface area is 110 Å². The molecule has 18 heavy (non-hydrogen) atoms. The van der Waals surface area contributed by atoms with Gasteiger partial charge >= 0.3 is 0 Å². The molecule has 4 nitrogen and oxygen atoms in total. The van der Waals surface area contributed by atoms with Crippen LogP contribution in [0.3, 0.4) is 0 Å². The van der Waals surface area contributed by atoms with Gasteiger partial charge in [0.05, 0.1) is 17.6 Å². The molecule has 1 aromatic rings. The lowest BCUT2D eigenvalue weighted by atomic mass is 10.1. The molecule has 1 aromatic heterocycles. The molecular weight excluding hydrogens is 224 g/mol. The minimum Gasteiger partial charge on any atom is -0.368 e. The van der Waals surface area contributed by atoms with E-state index >= 15 is 0 Å². The second-order valence-electron chi connectivity index (χ2n) is 4.88. The SMILES string of the molecule is CC[C@H](N)c1ccc(N2CCN(CC)CC2)cn1. The lowest BCUT2D eigenvalue weighted by Crippen LogP contribution is -2.46. The summed E-state index contributed by atoms with van der Waals surface area (Å²) in [5, 5.41) is 0. The molecule has 0 unspecified atom stereocenters. The van der Waals surface area contributed by atoms with Crippen LogP contribution in [0.15, 0.2) is 18.3 Å². The summed E-state index contributed by atoms with van der Waals surface area (Å²) in [6, 6.07) is 4.28. The van der Waals surface area contributed by atoms with Crippen LogP contribution in [0, 0.1) is 0 Å². The van der Waals surface area contributed by atoms with Crippen molar-refractivity contribution in [2.45, 2.75) is 26.3 Å². The van der Waals surface area contributed by atoms with E-state index in [4.69, 9.17) is 5.73 Å². The summed E-state index contributed by atoms with van der Waals surface area (Å²) in [4.78, 5) is 9.36. The summed E-state index contributed by atoms with van der Waals surface area (Å²) < 4.78 is 0. The van der Waals surface area contributed by atoms with Gasteiger partial charge in [-0.3, -0.25) is 4.98 Å². The summed E-state index contributed by atoms with van der Waals surface area (Å²) in [7, 11) is 0. The number of piperazine rings is 1. The highest BCUT2D eigenvalue weighted by molar-refractivity contribution is 5.45. The van der Waals surface area contributed by atoms with Gasteiger partial charge in [-0.2, -0.15) is 0 Å². The second-order valence-corrected chi connectivity index (χ2v) is 4.88. The molecule has 0 amide bonds. The van der Waals surface area contributed by atoms with Crippen LogP contribution in [0.2, 0.25) is 0 Å². The standard InChI is InChI=1S/C14H24N4/c1-3-13(15)14-6-5-12(11-16-14)18-9-7-17(4-2)8-10-18/h5-6,11,13H,3-4,7-10,15H2,1-2H3/t13-/m0/s1. The normalized spacial score (nSPS) is 18.9. The maximum absolute atomic E-state index is 5.98. The van der Waals surface area contributed by atoms with E-state index in [1.165, 1.54) is 5.69 Å². The van der Waals surface area contributed by atoms with Crippen molar-refractivity contribution in [3.63, 3.8) is 0 Å². The quantitative estimate of drug-likeness (QED) is 0.880. The molecule has 0 saturated carbocycles. The topological polar surface area (TPSA) is 45.4 Å². The van der Waals surface area contributed by atoms with E-state index in [0.29, 0.717) is 0 Å². The van der Waals surface area contributed by atoms with Gasteiger partial charge in [0.25, 0.3) is 0 Å². The van der Waals surface area contributed by atoms with Gasteiger partial charge in [0.2, 0.25) is 0 Å². The molecule has 2 rings (SSSR count). The Morgan fingerprint density at radius 2 is 1.94 bits per heavy atom. The third-order valence-electron chi connectivity index (χ3n) is 3.78. The molecular formula is C14H24N4. The highest BCUT2D eigenvalue weighted by Crippen LogP contribution is 2.18. The van der Waals surface area contributed by atoms with Gasteiger partial charge < -0.3 is 15.5 Å². The largest absolute Gasteiger partial charge is 0.368 e. The van der Waals surface area contributed by atoms with Gasteiger partial charge in [0, 0.05) is 32.2 Å². The fraction of sp³-hybridized carbons (Fsp3) is 0.643. The van der Waals surface area contributed by atoms with Crippen molar-refractivity contribution in [1.82, 2.24) is 9.88 Å².